The van der Waals surface area contributed by atoms with Crippen LogP contribution in [0.1, 0.15) is 0 Å². The smallest absolute Gasteiger partial charge is 0.162 e. The Hall–Kier alpha value is -3.66. The van der Waals surface area contributed by atoms with Crippen molar-refractivity contribution in [2.24, 2.45) is 0 Å². The molecule has 5 rings (SSSR count). The summed E-state index contributed by atoms with van der Waals surface area (Å²) in [5, 5.41) is 3.04. The highest BCUT2D eigenvalue weighted by Crippen LogP contribution is 2.34. The van der Waals surface area contributed by atoms with Crippen molar-refractivity contribution in [1.29, 1.82) is 0 Å². The van der Waals surface area contributed by atoms with Crippen molar-refractivity contribution in [3.8, 4) is 22.8 Å². The van der Waals surface area contributed by atoms with E-state index in [1.807, 2.05) is 60.7 Å². The third-order valence-electron chi connectivity index (χ3n) is 4.35. The standard InChI is InChI=1S/C22H13N4/c1-3-8-17-16(7-1)14-25-21(20(17)22-23-12-5-13-24-22)19-11-10-15-6-2-4-9-18(15)26-19/h1-13H. The first-order chi connectivity index (χ1) is 12.9. The maximum atomic E-state index is 4.80. The number of hydrogen-bond donors (Lipinski definition) is 0. The molecular weight excluding hydrogens is 320 g/mol. The fraction of sp³-hybridized carbons (Fsp3) is 0. The lowest BCUT2D eigenvalue weighted by molar-refractivity contribution is 1.17. The van der Waals surface area contributed by atoms with Crippen LogP contribution in [0, 0.1) is 6.20 Å². The minimum atomic E-state index is 0.634. The molecule has 0 spiro atoms. The van der Waals surface area contributed by atoms with Crippen LogP contribution in [-0.4, -0.2) is 19.9 Å². The lowest BCUT2D eigenvalue weighted by Crippen LogP contribution is -1.97. The molecule has 0 unspecified atom stereocenters. The van der Waals surface area contributed by atoms with E-state index < -0.39 is 0 Å². The zero-order valence-electron chi connectivity index (χ0n) is 13.8. The van der Waals surface area contributed by atoms with Gasteiger partial charge in [0.15, 0.2) is 5.82 Å². The van der Waals surface area contributed by atoms with E-state index in [0.717, 1.165) is 38.6 Å². The topological polar surface area (TPSA) is 51.6 Å². The van der Waals surface area contributed by atoms with Crippen LogP contribution < -0.4 is 0 Å². The molecule has 121 valence electrons. The van der Waals surface area contributed by atoms with Crippen molar-refractivity contribution >= 4 is 21.7 Å². The minimum absolute atomic E-state index is 0.634. The van der Waals surface area contributed by atoms with Crippen LogP contribution in [-0.2, 0) is 0 Å². The quantitative estimate of drug-likeness (QED) is 0.469. The molecule has 3 heterocycles. The fourth-order valence-corrected chi connectivity index (χ4v) is 3.14. The highest BCUT2D eigenvalue weighted by Gasteiger charge is 2.16. The summed E-state index contributed by atoms with van der Waals surface area (Å²) in [5.74, 6) is 0.634. The number of fused-ring (bicyclic) bond motifs is 2. The van der Waals surface area contributed by atoms with E-state index >= 15 is 0 Å². The molecule has 0 saturated heterocycles. The minimum Gasteiger partial charge on any atom is -0.246 e. The molecule has 0 saturated carbocycles. The zero-order chi connectivity index (χ0) is 17.3. The Labute approximate surface area is 150 Å². The van der Waals surface area contributed by atoms with Gasteiger partial charge < -0.3 is 0 Å². The average Bonchev–Trinajstić information content (AvgIpc) is 2.73. The number of hydrogen-bond acceptors (Lipinski definition) is 4. The predicted octanol–water partition coefficient (Wildman–Crippen LogP) is 4.71. The molecule has 2 aromatic carbocycles. The van der Waals surface area contributed by atoms with Gasteiger partial charge in [-0.1, -0.05) is 48.5 Å². The van der Waals surface area contributed by atoms with Gasteiger partial charge in [0.1, 0.15) is 5.69 Å². The van der Waals surface area contributed by atoms with Gasteiger partial charge in [-0.15, -0.1) is 0 Å². The zero-order valence-corrected chi connectivity index (χ0v) is 13.8. The molecule has 0 bridgehead atoms. The predicted molar refractivity (Wildman–Crippen MR) is 102 cm³/mol. The molecule has 5 aromatic rings. The normalized spacial score (nSPS) is 11.1. The van der Waals surface area contributed by atoms with Crippen LogP contribution in [0.3, 0.4) is 0 Å². The first-order valence-corrected chi connectivity index (χ1v) is 8.34. The molecule has 1 radical (unpaired) electrons. The molecule has 0 aliphatic heterocycles. The van der Waals surface area contributed by atoms with Gasteiger partial charge in [-0.25, -0.2) is 19.9 Å². The molecule has 4 heteroatoms. The van der Waals surface area contributed by atoms with Crippen LogP contribution >= 0.6 is 0 Å². The number of para-hydroxylation sites is 1. The second kappa shape index (κ2) is 6.01. The molecule has 0 aliphatic carbocycles. The first-order valence-electron chi connectivity index (χ1n) is 8.34. The largest absolute Gasteiger partial charge is 0.246 e. The maximum Gasteiger partial charge on any atom is 0.162 e. The lowest BCUT2D eigenvalue weighted by atomic mass is 10.0. The summed E-state index contributed by atoms with van der Waals surface area (Å²) in [6, 6.07) is 21.9. The van der Waals surface area contributed by atoms with E-state index in [-0.39, 0.29) is 0 Å². The van der Waals surface area contributed by atoms with E-state index in [0.29, 0.717) is 5.82 Å². The van der Waals surface area contributed by atoms with Gasteiger partial charge in [0.05, 0.1) is 23.0 Å². The average molecular weight is 333 g/mol. The van der Waals surface area contributed by atoms with Gasteiger partial charge in [-0.05, 0) is 23.6 Å². The Morgan fingerprint density at radius 3 is 2.46 bits per heavy atom. The van der Waals surface area contributed by atoms with E-state index in [1.165, 1.54) is 0 Å². The van der Waals surface area contributed by atoms with Gasteiger partial charge in [-0.2, -0.15) is 0 Å². The summed E-state index contributed by atoms with van der Waals surface area (Å²) in [6.07, 6.45) is 6.61. The molecule has 0 aliphatic rings. The Bertz CT molecular complexity index is 1230. The number of rotatable bonds is 2. The summed E-state index contributed by atoms with van der Waals surface area (Å²) >= 11 is 0. The van der Waals surface area contributed by atoms with Gasteiger partial charge in [0.25, 0.3) is 0 Å². The van der Waals surface area contributed by atoms with Gasteiger partial charge >= 0.3 is 0 Å². The van der Waals surface area contributed by atoms with Crippen molar-refractivity contribution in [1.82, 2.24) is 19.9 Å². The second-order valence-corrected chi connectivity index (χ2v) is 5.95. The first kappa shape index (κ1) is 14.7. The Morgan fingerprint density at radius 1 is 0.731 bits per heavy atom. The monoisotopic (exact) mass is 333 g/mol. The van der Waals surface area contributed by atoms with Crippen molar-refractivity contribution in [2.45, 2.75) is 0 Å². The van der Waals surface area contributed by atoms with Gasteiger partial charge in [-0.3, -0.25) is 0 Å². The maximum absolute atomic E-state index is 4.80. The summed E-state index contributed by atoms with van der Waals surface area (Å²) in [6.45, 7) is 0. The third kappa shape index (κ3) is 2.40. The summed E-state index contributed by atoms with van der Waals surface area (Å²) < 4.78 is 0. The Balaban J connectivity index is 1.84. The fourth-order valence-electron chi connectivity index (χ4n) is 3.14. The molecule has 0 N–H and O–H groups in total. The second-order valence-electron chi connectivity index (χ2n) is 5.95. The summed E-state index contributed by atoms with van der Waals surface area (Å²) in [7, 11) is 0. The van der Waals surface area contributed by atoms with Crippen LogP contribution in [0.5, 0.6) is 0 Å². The molecule has 0 atom stereocenters. The summed E-state index contributed by atoms with van der Waals surface area (Å²) in [4.78, 5) is 18.3. The van der Waals surface area contributed by atoms with Crippen molar-refractivity contribution in [3.63, 3.8) is 0 Å². The molecule has 0 amide bonds. The molecule has 4 nitrogen and oxygen atoms in total. The molecular formula is C22H13N4. The lowest BCUT2D eigenvalue weighted by Gasteiger charge is -2.11. The van der Waals surface area contributed by atoms with Crippen LogP contribution in [0.2, 0.25) is 0 Å². The van der Waals surface area contributed by atoms with Gasteiger partial charge in [0.2, 0.25) is 0 Å². The summed E-state index contributed by atoms with van der Waals surface area (Å²) in [5.41, 5.74) is 3.33. The van der Waals surface area contributed by atoms with Gasteiger partial charge in [0, 0.05) is 23.2 Å². The van der Waals surface area contributed by atoms with E-state index in [9.17, 15) is 0 Å². The van der Waals surface area contributed by atoms with Crippen molar-refractivity contribution in [3.05, 3.63) is 85.3 Å². The molecule has 26 heavy (non-hydrogen) atoms. The van der Waals surface area contributed by atoms with Crippen molar-refractivity contribution < 1.29 is 0 Å². The Kier molecular flexibility index (Phi) is 3.39. The van der Waals surface area contributed by atoms with Crippen LogP contribution in [0.25, 0.3) is 44.5 Å². The highest BCUT2D eigenvalue weighted by atomic mass is 14.9. The number of nitrogens with zero attached hydrogens (tertiary/aromatic N) is 4. The SMILES string of the molecule is [c]1nc(-c2ccc3ccccc3n2)c(-c2ncccn2)c2ccccc12. The van der Waals surface area contributed by atoms with E-state index in [2.05, 4.69) is 27.2 Å². The third-order valence-corrected chi connectivity index (χ3v) is 4.35. The highest BCUT2D eigenvalue weighted by molar-refractivity contribution is 6.00. The number of benzene rings is 2. The molecule has 0 fully saturated rings. The molecule has 3 aromatic heterocycles. The van der Waals surface area contributed by atoms with Crippen LogP contribution in [0.4, 0.5) is 0 Å². The van der Waals surface area contributed by atoms with E-state index in [1.54, 1.807) is 12.4 Å². The number of pyridine rings is 2. The Morgan fingerprint density at radius 2 is 1.54 bits per heavy atom. The van der Waals surface area contributed by atoms with E-state index in [4.69, 9.17) is 4.98 Å². The number of aromatic nitrogens is 4. The van der Waals surface area contributed by atoms with Crippen molar-refractivity contribution in [2.75, 3.05) is 0 Å². The van der Waals surface area contributed by atoms with Crippen LogP contribution in [0.15, 0.2) is 79.1 Å².